The van der Waals surface area contributed by atoms with Gasteiger partial charge in [-0.25, -0.2) is 8.78 Å². The lowest BCUT2D eigenvalue weighted by Gasteiger charge is -2.43. The minimum absolute atomic E-state index is 0.204. The predicted molar refractivity (Wildman–Crippen MR) is 92.3 cm³/mol. The zero-order chi connectivity index (χ0) is 18.6. The molecular weight excluding hydrogens is 326 g/mol. The molecule has 138 valence electrons. The highest BCUT2D eigenvalue weighted by atomic mass is 19.1. The summed E-state index contributed by atoms with van der Waals surface area (Å²) in [4.78, 5) is 26.9. The molecule has 4 nitrogen and oxygen atoms in total. The Morgan fingerprint density at radius 2 is 2.00 bits per heavy atom. The first-order valence-electron chi connectivity index (χ1n) is 8.87. The van der Waals surface area contributed by atoms with Crippen molar-refractivity contribution < 1.29 is 18.4 Å². The Hall–Kier alpha value is -1.98. The average molecular weight is 352 g/mol. The van der Waals surface area contributed by atoms with E-state index in [4.69, 9.17) is 0 Å². The normalized spacial score (nSPS) is 20.4. The maximum Gasteiger partial charge on any atom is 0.260 e. The molecule has 1 saturated heterocycles. The van der Waals surface area contributed by atoms with Crippen molar-refractivity contribution in [1.82, 2.24) is 10.2 Å². The molecule has 1 aromatic rings. The molecule has 0 aromatic heterocycles. The van der Waals surface area contributed by atoms with Crippen molar-refractivity contribution in [3.63, 3.8) is 0 Å². The van der Waals surface area contributed by atoms with Crippen molar-refractivity contribution in [2.45, 2.75) is 58.4 Å². The van der Waals surface area contributed by atoms with Crippen molar-refractivity contribution >= 4 is 11.8 Å². The Morgan fingerprint density at radius 1 is 1.28 bits per heavy atom. The lowest BCUT2D eigenvalue weighted by molar-refractivity contribution is -0.133. The SMILES string of the molecule is CCCCNC(=O)C1(C)CCCCN1C(=O)c1c(F)ccc(C)c1F. The first-order chi connectivity index (χ1) is 11.8. The van der Waals surface area contributed by atoms with Crippen LogP contribution in [0, 0.1) is 18.6 Å². The highest BCUT2D eigenvalue weighted by Crippen LogP contribution is 2.31. The largest absolute Gasteiger partial charge is 0.354 e. The third-order valence-electron chi connectivity index (χ3n) is 4.94. The number of piperidine rings is 1. The molecule has 0 aliphatic carbocycles. The van der Waals surface area contributed by atoms with E-state index < -0.39 is 28.6 Å². The van der Waals surface area contributed by atoms with Gasteiger partial charge in [0.2, 0.25) is 5.91 Å². The molecule has 6 heteroatoms. The maximum absolute atomic E-state index is 14.4. The number of unbranched alkanes of at least 4 members (excludes halogenated alkanes) is 1. The van der Waals surface area contributed by atoms with Crippen LogP contribution in [0.5, 0.6) is 0 Å². The number of carbonyl (C=O) groups is 2. The molecule has 1 aromatic carbocycles. The number of aryl methyl sites for hydroxylation is 1. The summed E-state index contributed by atoms with van der Waals surface area (Å²) in [7, 11) is 0. The topological polar surface area (TPSA) is 49.4 Å². The second-order valence-corrected chi connectivity index (χ2v) is 6.85. The third-order valence-corrected chi connectivity index (χ3v) is 4.94. The molecule has 0 saturated carbocycles. The summed E-state index contributed by atoms with van der Waals surface area (Å²) >= 11 is 0. The molecule has 25 heavy (non-hydrogen) atoms. The second kappa shape index (κ2) is 7.93. The van der Waals surface area contributed by atoms with Gasteiger partial charge in [-0.1, -0.05) is 19.4 Å². The minimum atomic E-state index is -1.09. The van der Waals surface area contributed by atoms with Gasteiger partial charge in [0.25, 0.3) is 5.91 Å². The van der Waals surface area contributed by atoms with Crippen molar-refractivity contribution in [2.24, 2.45) is 0 Å². The first kappa shape index (κ1) is 19.3. The van der Waals surface area contributed by atoms with Crippen molar-refractivity contribution in [1.29, 1.82) is 0 Å². The van der Waals surface area contributed by atoms with Gasteiger partial charge in [-0.2, -0.15) is 0 Å². The molecule has 0 radical (unpaired) electrons. The fourth-order valence-electron chi connectivity index (χ4n) is 3.24. The van der Waals surface area contributed by atoms with Gasteiger partial charge in [0.1, 0.15) is 22.7 Å². The molecule has 1 unspecified atom stereocenters. The standard InChI is InChI=1S/C19H26F2N2O2/c1-4-5-11-22-18(25)19(3)10-6-7-12-23(19)17(24)15-14(20)9-8-13(2)16(15)21/h8-9H,4-7,10-12H2,1-3H3,(H,22,25). The Balaban J connectivity index is 2.33. The molecule has 1 N–H and O–H groups in total. The number of likely N-dealkylation sites (tertiary alicyclic amines) is 1. The summed E-state index contributed by atoms with van der Waals surface area (Å²) < 4.78 is 28.5. The van der Waals surface area contributed by atoms with E-state index in [0.29, 0.717) is 25.9 Å². The highest BCUT2D eigenvalue weighted by Gasteiger charge is 2.44. The van der Waals surface area contributed by atoms with Crippen LogP contribution in [0.2, 0.25) is 0 Å². The van der Waals surface area contributed by atoms with E-state index in [1.807, 2.05) is 6.92 Å². The summed E-state index contributed by atoms with van der Waals surface area (Å²) in [6.07, 6.45) is 3.76. The monoisotopic (exact) mass is 352 g/mol. The zero-order valence-corrected chi connectivity index (χ0v) is 15.1. The third kappa shape index (κ3) is 3.83. The summed E-state index contributed by atoms with van der Waals surface area (Å²) in [6.45, 7) is 6.02. The van der Waals surface area contributed by atoms with Gasteiger partial charge >= 0.3 is 0 Å². The maximum atomic E-state index is 14.4. The van der Waals surface area contributed by atoms with Gasteiger partial charge in [0, 0.05) is 13.1 Å². The average Bonchev–Trinajstić information content (AvgIpc) is 2.59. The van der Waals surface area contributed by atoms with Crippen LogP contribution < -0.4 is 5.32 Å². The van der Waals surface area contributed by atoms with Gasteiger partial charge in [0.05, 0.1) is 0 Å². The molecule has 0 spiro atoms. The van der Waals surface area contributed by atoms with Crippen LogP contribution in [0.3, 0.4) is 0 Å². The number of halogens is 2. The molecule has 1 fully saturated rings. The predicted octanol–water partition coefficient (Wildman–Crippen LogP) is 3.57. The van der Waals surface area contributed by atoms with E-state index in [0.717, 1.165) is 25.3 Å². The van der Waals surface area contributed by atoms with Crippen LogP contribution in [-0.4, -0.2) is 35.3 Å². The number of nitrogens with zero attached hydrogens (tertiary/aromatic N) is 1. The van der Waals surface area contributed by atoms with Crippen LogP contribution in [0.15, 0.2) is 12.1 Å². The van der Waals surface area contributed by atoms with Gasteiger partial charge in [0.15, 0.2) is 0 Å². The Morgan fingerprint density at radius 3 is 2.68 bits per heavy atom. The first-order valence-corrected chi connectivity index (χ1v) is 8.87. The molecule has 1 aliphatic rings. The molecule has 2 amide bonds. The molecule has 0 bridgehead atoms. The van der Waals surface area contributed by atoms with Crippen molar-refractivity contribution in [3.8, 4) is 0 Å². The Kier molecular flexibility index (Phi) is 6.14. The fraction of sp³-hybridized carbons (Fsp3) is 0.579. The quantitative estimate of drug-likeness (QED) is 0.824. The molecule has 1 atom stereocenters. The van der Waals surface area contributed by atoms with E-state index in [2.05, 4.69) is 5.32 Å². The number of nitrogens with one attached hydrogen (secondary N) is 1. The van der Waals surface area contributed by atoms with Crippen LogP contribution >= 0.6 is 0 Å². The lowest BCUT2D eigenvalue weighted by atomic mass is 9.86. The number of rotatable bonds is 5. The van der Waals surface area contributed by atoms with E-state index in [1.165, 1.54) is 17.9 Å². The number of hydrogen-bond donors (Lipinski definition) is 1. The highest BCUT2D eigenvalue weighted by molar-refractivity contribution is 5.99. The van der Waals surface area contributed by atoms with Gasteiger partial charge < -0.3 is 10.2 Å². The molecule has 1 heterocycles. The number of benzene rings is 1. The van der Waals surface area contributed by atoms with E-state index in [-0.39, 0.29) is 11.5 Å². The lowest BCUT2D eigenvalue weighted by Crippen LogP contribution is -2.61. The molecule has 1 aliphatic heterocycles. The Labute approximate surface area is 147 Å². The van der Waals surface area contributed by atoms with Crippen LogP contribution in [0.25, 0.3) is 0 Å². The van der Waals surface area contributed by atoms with Gasteiger partial charge in [-0.15, -0.1) is 0 Å². The summed E-state index contributed by atoms with van der Waals surface area (Å²) in [5, 5.41) is 2.85. The van der Waals surface area contributed by atoms with Gasteiger partial charge in [-0.3, -0.25) is 9.59 Å². The van der Waals surface area contributed by atoms with Crippen molar-refractivity contribution in [3.05, 3.63) is 34.9 Å². The van der Waals surface area contributed by atoms with E-state index in [9.17, 15) is 18.4 Å². The van der Waals surface area contributed by atoms with Crippen LogP contribution in [0.4, 0.5) is 8.78 Å². The van der Waals surface area contributed by atoms with Crippen molar-refractivity contribution in [2.75, 3.05) is 13.1 Å². The van der Waals surface area contributed by atoms with E-state index in [1.54, 1.807) is 6.92 Å². The molecule has 2 rings (SSSR count). The van der Waals surface area contributed by atoms with E-state index >= 15 is 0 Å². The summed E-state index contributed by atoms with van der Waals surface area (Å²) in [5.74, 6) is -2.77. The Bertz CT molecular complexity index is 663. The zero-order valence-electron chi connectivity index (χ0n) is 15.1. The van der Waals surface area contributed by atoms with Crippen LogP contribution in [-0.2, 0) is 4.79 Å². The number of amides is 2. The molecular formula is C19H26F2N2O2. The minimum Gasteiger partial charge on any atom is -0.354 e. The van der Waals surface area contributed by atoms with Crippen LogP contribution in [0.1, 0.15) is 61.9 Å². The second-order valence-electron chi connectivity index (χ2n) is 6.85. The fourth-order valence-corrected chi connectivity index (χ4v) is 3.24. The summed E-state index contributed by atoms with van der Waals surface area (Å²) in [5.41, 5.74) is -1.46. The number of hydrogen-bond acceptors (Lipinski definition) is 2. The van der Waals surface area contributed by atoms with Gasteiger partial charge in [-0.05, 0) is 51.2 Å². The summed E-state index contributed by atoms with van der Waals surface area (Å²) in [6, 6.07) is 2.39. The number of carbonyl (C=O) groups excluding carboxylic acids is 2. The smallest absolute Gasteiger partial charge is 0.260 e.